The quantitative estimate of drug-likeness (QED) is 0.919. The van der Waals surface area contributed by atoms with Gasteiger partial charge in [-0.2, -0.15) is 0 Å². The first-order valence-electron chi connectivity index (χ1n) is 9.61. The molecule has 0 aliphatic carbocycles. The fourth-order valence-electron chi connectivity index (χ4n) is 4.13. The molecule has 6 nitrogen and oxygen atoms in total. The van der Waals surface area contributed by atoms with Gasteiger partial charge in [0.2, 0.25) is 5.91 Å². The van der Waals surface area contributed by atoms with Crippen LogP contribution in [-0.4, -0.2) is 45.2 Å². The van der Waals surface area contributed by atoms with E-state index >= 15 is 0 Å². The fraction of sp³-hybridized carbons (Fsp3) is 0.550. The zero-order valence-corrected chi connectivity index (χ0v) is 15.6. The van der Waals surface area contributed by atoms with Gasteiger partial charge in [-0.05, 0) is 32.3 Å². The lowest BCUT2D eigenvalue weighted by Gasteiger charge is -2.33. The number of rotatable bonds is 3. The summed E-state index contributed by atoms with van der Waals surface area (Å²) in [6.45, 7) is 8.43. The highest BCUT2D eigenvalue weighted by atomic mass is 16.2. The van der Waals surface area contributed by atoms with Crippen LogP contribution < -0.4 is 5.32 Å². The number of benzene rings is 1. The number of aromatic nitrogens is 3. The van der Waals surface area contributed by atoms with Gasteiger partial charge in [0.15, 0.2) is 0 Å². The van der Waals surface area contributed by atoms with Crippen LogP contribution in [0.2, 0.25) is 0 Å². The van der Waals surface area contributed by atoms with E-state index in [2.05, 4.69) is 45.2 Å². The highest BCUT2D eigenvalue weighted by Gasteiger charge is 2.30. The Bertz CT molecular complexity index is 791. The van der Waals surface area contributed by atoms with Crippen molar-refractivity contribution in [2.45, 2.75) is 51.6 Å². The first-order valence-corrected chi connectivity index (χ1v) is 9.61. The van der Waals surface area contributed by atoms with Gasteiger partial charge >= 0.3 is 0 Å². The van der Waals surface area contributed by atoms with Crippen LogP contribution in [0.5, 0.6) is 0 Å². The molecule has 1 aromatic heterocycles. The Kier molecular flexibility index (Phi) is 4.76. The minimum absolute atomic E-state index is 0.0848. The largest absolute Gasteiger partial charge is 0.342 e. The van der Waals surface area contributed by atoms with E-state index in [1.54, 1.807) is 0 Å². The third kappa shape index (κ3) is 3.26. The van der Waals surface area contributed by atoms with Crippen LogP contribution in [0.3, 0.4) is 0 Å². The van der Waals surface area contributed by atoms with Gasteiger partial charge in [0.25, 0.3) is 0 Å². The van der Waals surface area contributed by atoms with Gasteiger partial charge in [0.05, 0.1) is 12.5 Å². The standard InChI is InChI=1S/C20H27N5O/c1-14-4-3-5-17(12-14)15(2)20(26)24-9-6-16(7-10-24)19-23-22-18-13-21-8-11-25(18)19/h3-5,12,15-16,21H,6-11,13H2,1-2H3. The van der Waals surface area contributed by atoms with Gasteiger partial charge < -0.3 is 14.8 Å². The van der Waals surface area contributed by atoms with E-state index in [9.17, 15) is 4.79 Å². The summed E-state index contributed by atoms with van der Waals surface area (Å²) >= 11 is 0. The van der Waals surface area contributed by atoms with Crippen molar-refractivity contribution in [3.05, 3.63) is 47.0 Å². The third-order valence-electron chi connectivity index (χ3n) is 5.74. The third-order valence-corrected chi connectivity index (χ3v) is 5.74. The topological polar surface area (TPSA) is 63.1 Å². The maximum absolute atomic E-state index is 12.9. The number of piperidine rings is 1. The van der Waals surface area contributed by atoms with Gasteiger partial charge in [0, 0.05) is 32.1 Å². The van der Waals surface area contributed by atoms with E-state index in [0.717, 1.165) is 62.8 Å². The molecular formula is C20H27N5O. The monoisotopic (exact) mass is 353 g/mol. The summed E-state index contributed by atoms with van der Waals surface area (Å²) in [7, 11) is 0. The Hall–Kier alpha value is -2.21. The molecule has 2 aromatic rings. The number of nitrogens with zero attached hydrogens (tertiary/aromatic N) is 4. The van der Waals surface area contributed by atoms with E-state index in [0.29, 0.717) is 5.92 Å². The van der Waals surface area contributed by atoms with E-state index in [1.807, 2.05) is 17.9 Å². The molecule has 0 saturated carbocycles. The summed E-state index contributed by atoms with van der Waals surface area (Å²) in [5, 5.41) is 12.1. The minimum Gasteiger partial charge on any atom is -0.342 e. The number of fused-ring (bicyclic) bond motifs is 1. The normalized spacial score (nSPS) is 19.2. The molecule has 1 fully saturated rings. The second-order valence-corrected chi connectivity index (χ2v) is 7.54. The van der Waals surface area contributed by atoms with Gasteiger partial charge in [-0.1, -0.05) is 29.8 Å². The maximum Gasteiger partial charge on any atom is 0.229 e. The number of nitrogens with one attached hydrogen (secondary N) is 1. The number of carbonyl (C=O) groups excluding carboxylic acids is 1. The Balaban J connectivity index is 1.40. The summed E-state index contributed by atoms with van der Waals surface area (Å²) in [6, 6.07) is 8.27. The average Bonchev–Trinajstić information content (AvgIpc) is 3.11. The molecule has 1 atom stereocenters. The highest BCUT2D eigenvalue weighted by Crippen LogP contribution is 2.29. The molecule has 2 aliphatic rings. The van der Waals surface area contributed by atoms with Gasteiger partial charge in [-0.3, -0.25) is 4.79 Å². The van der Waals surface area contributed by atoms with Crippen molar-refractivity contribution in [3.8, 4) is 0 Å². The maximum atomic E-state index is 12.9. The number of likely N-dealkylation sites (tertiary alicyclic amines) is 1. The van der Waals surface area contributed by atoms with Crippen molar-refractivity contribution < 1.29 is 4.79 Å². The van der Waals surface area contributed by atoms with Crippen LogP contribution >= 0.6 is 0 Å². The summed E-state index contributed by atoms with van der Waals surface area (Å²) in [6.07, 6.45) is 1.94. The number of carbonyl (C=O) groups is 1. The molecule has 1 amide bonds. The van der Waals surface area contributed by atoms with Crippen molar-refractivity contribution in [1.82, 2.24) is 25.0 Å². The van der Waals surface area contributed by atoms with Crippen LogP contribution in [0.15, 0.2) is 24.3 Å². The predicted octanol–water partition coefficient (Wildman–Crippen LogP) is 2.20. The van der Waals surface area contributed by atoms with Crippen LogP contribution in [0.4, 0.5) is 0 Å². The van der Waals surface area contributed by atoms with E-state index < -0.39 is 0 Å². The molecule has 1 unspecified atom stereocenters. The molecule has 2 aliphatic heterocycles. The second kappa shape index (κ2) is 7.19. The Morgan fingerprint density at radius 1 is 1.23 bits per heavy atom. The van der Waals surface area contributed by atoms with Crippen molar-refractivity contribution in [2.75, 3.05) is 19.6 Å². The average molecular weight is 353 g/mol. The summed E-state index contributed by atoms with van der Waals surface area (Å²) in [5.74, 6) is 2.71. The number of amides is 1. The molecule has 4 rings (SSSR count). The van der Waals surface area contributed by atoms with Gasteiger partial charge in [-0.15, -0.1) is 10.2 Å². The molecule has 1 saturated heterocycles. The Morgan fingerprint density at radius 2 is 2.04 bits per heavy atom. The lowest BCUT2D eigenvalue weighted by Crippen LogP contribution is -2.40. The van der Waals surface area contributed by atoms with Crippen molar-refractivity contribution >= 4 is 5.91 Å². The summed E-state index contributed by atoms with van der Waals surface area (Å²) < 4.78 is 2.27. The minimum atomic E-state index is -0.0848. The van der Waals surface area contributed by atoms with Crippen LogP contribution in [0, 0.1) is 6.92 Å². The lowest BCUT2D eigenvalue weighted by atomic mass is 9.93. The molecule has 0 spiro atoms. The zero-order chi connectivity index (χ0) is 18.1. The second-order valence-electron chi connectivity index (χ2n) is 7.54. The van der Waals surface area contributed by atoms with Gasteiger partial charge in [-0.25, -0.2) is 0 Å². The van der Waals surface area contributed by atoms with Crippen LogP contribution in [0.25, 0.3) is 0 Å². The molecule has 138 valence electrons. The number of hydrogen-bond donors (Lipinski definition) is 1. The van der Waals surface area contributed by atoms with Gasteiger partial charge in [0.1, 0.15) is 11.6 Å². The molecule has 0 radical (unpaired) electrons. The summed E-state index contributed by atoms with van der Waals surface area (Å²) in [5.41, 5.74) is 2.31. The molecular weight excluding hydrogens is 326 g/mol. The van der Waals surface area contributed by atoms with Crippen molar-refractivity contribution in [2.24, 2.45) is 0 Å². The van der Waals surface area contributed by atoms with Crippen LogP contribution in [-0.2, 0) is 17.9 Å². The highest BCUT2D eigenvalue weighted by molar-refractivity contribution is 5.83. The van der Waals surface area contributed by atoms with Crippen molar-refractivity contribution in [1.29, 1.82) is 0 Å². The predicted molar refractivity (Wildman–Crippen MR) is 99.9 cm³/mol. The first-order chi connectivity index (χ1) is 12.6. The molecule has 1 N–H and O–H groups in total. The first kappa shape index (κ1) is 17.2. The summed E-state index contributed by atoms with van der Waals surface area (Å²) in [4.78, 5) is 14.9. The van der Waals surface area contributed by atoms with E-state index in [4.69, 9.17) is 0 Å². The number of aryl methyl sites for hydroxylation is 1. The number of hydrogen-bond acceptors (Lipinski definition) is 4. The molecule has 1 aromatic carbocycles. The smallest absolute Gasteiger partial charge is 0.229 e. The lowest BCUT2D eigenvalue weighted by molar-refractivity contribution is -0.133. The molecule has 0 bridgehead atoms. The van der Waals surface area contributed by atoms with E-state index in [-0.39, 0.29) is 11.8 Å². The molecule has 3 heterocycles. The molecule has 6 heteroatoms. The zero-order valence-electron chi connectivity index (χ0n) is 15.6. The Labute approximate surface area is 154 Å². The fourth-order valence-corrected chi connectivity index (χ4v) is 4.13. The Morgan fingerprint density at radius 3 is 2.81 bits per heavy atom. The van der Waals surface area contributed by atoms with Crippen LogP contribution in [0.1, 0.15) is 54.4 Å². The molecule has 26 heavy (non-hydrogen) atoms. The van der Waals surface area contributed by atoms with Crippen molar-refractivity contribution in [3.63, 3.8) is 0 Å². The van der Waals surface area contributed by atoms with E-state index in [1.165, 1.54) is 5.56 Å². The SMILES string of the molecule is Cc1cccc(C(C)C(=O)N2CCC(c3nnc4n3CCNC4)CC2)c1.